The second kappa shape index (κ2) is 8.91. The van der Waals surface area contributed by atoms with E-state index in [1.54, 1.807) is 21.3 Å². The van der Waals surface area contributed by atoms with Crippen LogP contribution < -0.4 is 19.1 Å². The lowest BCUT2D eigenvalue weighted by atomic mass is 10.1. The van der Waals surface area contributed by atoms with Gasteiger partial charge in [-0.3, -0.25) is 4.90 Å². The zero-order chi connectivity index (χ0) is 19.4. The van der Waals surface area contributed by atoms with Crippen LogP contribution in [0.15, 0.2) is 30.3 Å². The first-order valence-electron chi connectivity index (χ1n) is 8.77. The van der Waals surface area contributed by atoms with Crippen molar-refractivity contribution in [1.82, 2.24) is 4.90 Å². The Labute approximate surface area is 170 Å². The van der Waals surface area contributed by atoms with Crippen molar-refractivity contribution in [3.8, 4) is 17.2 Å². The number of hydrogen-bond acceptors (Lipinski definition) is 5. The summed E-state index contributed by atoms with van der Waals surface area (Å²) in [4.78, 5) is 4.68. The maximum absolute atomic E-state index is 6.34. The van der Waals surface area contributed by atoms with E-state index in [1.807, 2.05) is 30.3 Å². The zero-order valence-corrected chi connectivity index (χ0v) is 17.3. The summed E-state index contributed by atoms with van der Waals surface area (Å²) in [6, 6.07) is 9.59. The molecule has 0 saturated carbocycles. The van der Waals surface area contributed by atoms with E-state index >= 15 is 0 Å². The minimum absolute atomic E-state index is 0.615. The van der Waals surface area contributed by atoms with Crippen LogP contribution in [0.3, 0.4) is 0 Å². The van der Waals surface area contributed by atoms with Gasteiger partial charge in [-0.1, -0.05) is 23.2 Å². The third kappa shape index (κ3) is 4.54. The van der Waals surface area contributed by atoms with Crippen LogP contribution in [0, 0.1) is 0 Å². The summed E-state index contributed by atoms with van der Waals surface area (Å²) in [6.45, 7) is 4.46. The Morgan fingerprint density at radius 1 is 0.852 bits per heavy atom. The van der Waals surface area contributed by atoms with Crippen molar-refractivity contribution in [3.05, 3.63) is 45.9 Å². The van der Waals surface area contributed by atoms with Crippen LogP contribution in [-0.4, -0.2) is 52.4 Å². The second-order valence-corrected chi connectivity index (χ2v) is 7.24. The minimum atomic E-state index is 0.615. The predicted octanol–water partition coefficient (Wildman–Crippen LogP) is 4.34. The molecule has 146 valence electrons. The number of hydrogen-bond donors (Lipinski definition) is 0. The van der Waals surface area contributed by atoms with E-state index in [1.165, 1.54) is 0 Å². The number of ether oxygens (including phenoxy) is 3. The van der Waals surface area contributed by atoms with Gasteiger partial charge in [0, 0.05) is 37.7 Å². The van der Waals surface area contributed by atoms with E-state index in [-0.39, 0.29) is 0 Å². The lowest BCUT2D eigenvalue weighted by molar-refractivity contribution is 0.248. The van der Waals surface area contributed by atoms with E-state index in [9.17, 15) is 0 Å². The molecular weight excluding hydrogens is 387 g/mol. The first-order chi connectivity index (χ1) is 13.0. The third-order valence-corrected chi connectivity index (χ3v) is 5.31. The summed E-state index contributed by atoms with van der Waals surface area (Å²) in [7, 11) is 4.88. The summed E-state index contributed by atoms with van der Waals surface area (Å²) in [5.41, 5.74) is 2.12. The van der Waals surface area contributed by atoms with Crippen molar-refractivity contribution in [2.75, 3.05) is 52.4 Å². The molecule has 1 heterocycles. The molecule has 1 aliphatic heterocycles. The Bertz CT molecular complexity index is 768. The van der Waals surface area contributed by atoms with Gasteiger partial charge in [-0.05, 0) is 35.9 Å². The van der Waals surface area contributed by atoms with Crippen LogP contribution in [0.4, 0.5) is 5.69 Å². The molecule has 0 spiro atoms. The lowest BCUT2D eigenvalue weighted by Crippen LogP contribution is -2.46. The van der Waals surface area contributed by atoms with Gasteiger partial charge in [0.25, 0.3) is 0 Å². The van der Waals surface area contributed by atoms with Crippen LogP contribution >= 0.6 is 23.2 Å². The number of rotatable bonds is 6. The first kappa shape index (κ1) is 19.9. The molecule has 0 atom stereocenters. The number of halogens is 2. The maximum Gasteiger partial charge on any atom is 0.203 e. The molecule has 5 nitrogen and oxygen atoms in total. The molecule has 0 radical (unpaired) electrons. The van der Waals surface area contributed by atoms with Gasteiger partial charge in [-0.25, -0.2) is 0 Å². The van der Waals surface area contributed by atoms with Crippen LogP contribution in [0.25, 0.3) is 0 Å². The van der Waals surface area contributed by atoms with Crippen molar-refractivity contribution >= 4 is 28.9 Å². The molecule has 27 heavy (non-hydrogen) atoms. The van der Waals surface area contributed by atoms with Gasteiger partial charge < -0.3 is 19.1 Å². The fraction of sp³-hybridized carbons (Fsp3) is 0.400. The third-order valence-electron chi connectivity index (χ3n) is 4.75. The fourth-order valence-corrected chi connectivity index (χ4v) is 3.76. The normalized spacial score (nSPS) is 14.9. The summed E-state index contributed by atoms with van der Waals surface area (Å²) in [5.74, 6) is 1.97. The van der Waals surface area contributed by atoms with E-state index in [2.05, 4.69) is 9.80 Å². The number of benzene rings is 2. The second-order valence-electron chi connectivity index (χ2n) is 6.39. The Hall–Kier alpha value is -1.82. The Morgan fingerprint density at radius 2 is 1.48 bits per heavy atom. The van der Waals surface area contributed by atoms with Crippen molar-refractivity contribution in [2.45, 2.75) is 6.54 Å². The van der Waals surface area contributed by atoms with Gasteiger partial charge in [0.1, 0.15) is 0 Å². The van der Waals surface area contributed by atoms with E-state index in [0.717, 1.165) is 49.0 Å². The van der Waals surface area contributed by atoms with Gasteiger partial charge in [0.05, 0.1) is 32.0 Å². The fourth-order valence-electron chi connectivity index (χ4n) is 3.36. The summed E-state index contributed by atoms with van der Waals surface area (Å²) < 4.78 is 16.3. The SMILES string of the molecule is COc1cc(CN2CCN(c3cc(Cl)ccc3Cl)CC2)cc(OC)c1OC. The van der Waals surface area contributed by atoms with E-state index in [4.69, 9.17) is 37.4 Å². The summed E-state index contributed by atoms with van der Waals surface area (Å²) in [5, 5.41) is 1.44. The number of nitrogens with zero attached hydrogens (tertiary/aromatic N) is 2. The average molecular weight is 411 g/mol. The number of methoxy groups -OCH3 is 3. The molecule has 0 amide bonds. The van der Waals surface area contributed by atoms with Gasteiger partial charge in [0.2, 0.25) is 5.75 Å². The highest BCUT2D eigenvalue weighted by atomic mass is 35.5. The molecule has 0 N–H and O–H groups in total. The smallest absolute Gasteiger partial charge is 0.203 e. The van der Waals surface area contributed by atoms with Crippen molar-refractivity contribution < 1.29 is 14.2 Å². The average Bonchev–Trinajstić information content (AvgIpc) is 2.69. The largest absolute Gasteiger partial charge is 0.493 e. The molecule has 0 bridgehead atoms. The van der Waals surface area contributed by atoms with Crippen molar-refractivity contribution in [1.29, 1.82) is 0 Å². The van der Waals surface area contributed by atoms with Crippen LogP contribution in [0.5, 0.6) is 17.2 Å². The zero-order valence-electron chi connectivity index (χ0n) is 15.8. The quantitative estimate of drug-likeness (QED) is 0.707. The highest BCUT2D eigenvalue weighted by Crippen LogP contribution is 2.38. The van der Waals surface area contributed by atoms with Crippen LogP contribution in [0.2, 0.25) is 10.0 Å². The number of piperazine rings is 1. The molecule has 0 aromatic heterocycles. The topological polar surface area (TPSA) is 34.2 Å². The molecule has 1 saturated heterocycles. The monoisotopic (exact) mass is 410 g/mol. The molecule has 2 aromatic rings. The number of anilines is 1. The lowest BCUT2D eigenvalue weighted by Gasteiger charge is -2.36. The standard InChI is InChI=1S/C20H24Cl2N2O3/c1-25-18-10-14(11-19(26-2)20(18)27-3)13-23-6-8-24(9-7-23)17-12-15(21)4-5-16(17)22/h4-5,10-12H,6-9,13H2,1-3H3. The summed E-state index contributed by atoms with van der Waals surface area (Å²) in [6.07, 6.45) is 0. The molecule has 1 aliphatic rings. The van der Waals surface area contributed by atoms with Crippen molar-refractivity contribution in [2.24, 2.45) is 0 Å². The predicted molar refractivity (Wildman–Crippen MR) is 110 cm³/mol. The molecule has 0 unspecified atom stereocenters. The van der Waals surface area contributed by atoms with E-state index < -0.39 is 0 Å². The van der Waals surface area contributed by atoms with Gasteiger partial charge in [-0.15, -0.1) is 0 Å². The van der Waals surface area contributed by atoms with E-state index in [0.29, 0.717) is 22.3 Å². The highest BCUT2D eigenvalue weighted by molar-refractivity contribution is 6.35. The molecule has 3 rings (SSSR count). The molecule has 0 aliphatic carbocycles. The highest BCUT2D eigenvalue weighted by Gasteiger charge is 2.21. The van der Waals surface area contributed by atoms with Crippen LogP contribution in [-0.2, 0) is 6.54 Å². The van der Waals surface area contributed by atoms with Gasteiger partial charge >= 0.3 is 0 Å². The molecule has 7 heteroatoms. The molecule has 2 aromatic carbocycles. The first-order valence-corrected chi connectivity index (χ1v) is 9.52. The Morgan fingerprint density at radius 3 is 2.04 bits per heavy atom. The van der Waals surface area contributed by atoms with Crippen LogP contribution in [0.1, 0.15) is 5.56 Å². The van der Waals surface area contributed by atoms with Gasteiger partial charge in [0.15, 0.2) is 11.5 Å². The Kier molecular flexibility index (Phi) is 6.58. The minimum Gasteiger partial charge on any atom is -0.493 e. The van der Waals surface area contributed by atoms with Crippen molar-refractivity contribution in [3.63, 3.8) is 0 Å². The van der Waals surface area contributed by atoms with Gasteiger partial charge in [-0.2, -0.15) is 0 Å². The Balaban J connectivity index is 1.68. The maximum atomic E-state index is 6.34. The summed E-state index contributed by atoms with van der Waals surface area (Å²) >= 11 is 12.5. The molecule has 1 fully saturated rings. The molecular formula is C20H24Cl2N2O3.